The van der Waals surface area contributed by atoms with Gasteiger partial charge in [0.05, 0.1) is 5.38 Å². The lowest BCUT2D eigenvalue weighted by atomic mass is 10.0. The van der Waals surface area contributed by atoms with E-state index in [0.29, 0.717) is 5.39 Å². The van der Waals surface area contributed by atoms with Crippen molar-refractivity contribution in [1.82, 2.24) is 4.98 Å². The van der Waals surface area contributed by atoms with E-state index in [1.807, 2.05) is 18.2 Å². The summed E-state index contributed by atoms with van der Waals surface area (Å²) in [4.78, 5) is 3.21. The molecule has 0 radical (unpaired) electrons. The van der Waals surface area contributed by atoms with Crippen molar-refractivity contribution >= 4 is 28.6 Å². The van der Waals surface area contributed by atoms with E-state index < -0.39 is 0 Å². The first-order valence-electron chi connectivity index (χ1n) is 4.87. The Labute approximate surface area is 91.6 Å². The molecule has 1 aromatic heterocycles. The van der Waals surface area contributed by atoms with Gasteiger partial charge in [0.1, 0.15) is 5.82 Å². The lowest BCUT2D eigenvalue weighted by Gasteiger charge is -2.09. The van der Waals surface area contributed by atoms with E-state index in [9.17, 15) is 4.39 Å². The molecule has 2 aromatic rings. The summed E-state index contributed by atoms with van der Waals surface area (Å²) >= 11 is 6.01. The van der Waals surface area contributed by atoms with Crippen LogP contribution in [0, 0.1) is 5.82 Å². The van der Waals surface area contributed by atoms with Gasteiger partial charge in [-0.3, -0.25) is 0 Å². The van der Waals surface area contributed by atoms with Crippen LogP contribution in [0.4, 0.5) is 4.39 Å². The molecule has 1 aliphatic carbocycles. The Morgan fingerprint density at radius 3 is 3.13 bits per heavy atom. The van der Waals surface area contributed by atoms with Gasteiger partial charge >= 0.3 is 0 Å². The van der Waals surface area contributed by atoms with Crippen molar-refractivity contribution in [3.63, 3.8) is 0 Å². The Hall–Kier alpha value is -1.28. The second-order valence-electron chi connectivity index (χ2n) is 3.76. The third-order valence-corrected chi connectivity index (χ3v) is 3.06. The van der Waals surface area contributed by atoms with E-state index in [4.69, 9.17) is 11.6 Å². The molecule has 1 heterocycles. The number of allylic oxidation sites excluding steroid dienone is 1. The summed E-state index contributed by atoms with van der Waals surface area (Å²) < 4.78 is 13.6. The summed E-state index contributed by atoms with van der Waals surface area (Å²) in [5.74, 6) is -0.178. The Kier molecular flexibility index (Phi) is 1.86. The van der Waals surface area contributed by atoms with Crippen LogP contribution < -0.4 is 0 Å². The van der Waals surface area contributed by atoms with Crippen LogP contribution in [0.15, 0.2) is 24.3 Å². The molecule has 1 nitrogen and oxygen atoms in total. The zero-order chi connectivity index (χ0) is 10.4. The maximum atomic E-state index is 13.6. The molecule has 1 atom stereocenters. The maximum absolute atomic E-state index is 13.6. The Morgan fingerprint density at radius 2 is 2.27 bits per heavy atom. The van der Waals surface area contributed by atoms with Crippen LogP contribution >= 0.6 is 11.6 Å². The smallest absolute Gasteiger partial charge is 0.133 e. The average molecular weight is 222 g/mol. The normalized spacial score (nSPS) is 19.5. The minimum atomic E-state index is -0.178. The van der Waals surface area contributed by atoms with E-state index in [1.54, 1.807) is 6.07 Å². The van der Waals surface area contributed by atoms with Gasteiger partial charge in [0.25, 0.3) is 0 Å². The quantitative estimate of drug-likeness (QED) is 0.656. The minimum Gasteiger partial charge on any atom is -0.358 e. The number of nitrogens with one attached hydrogen (secondary N) is 1. The number of benzene rings is 1. The number of alkyl halides is 1. The third-order valence-electron chi connectivity index (χ3n) is 2.76. The van der Waals surface area contributed by atoms with Gasteiger partial charge in [0, 0.05) is 28.6 Å². The van der Waals surface area contributed by atoms with Crippen LogP contribution in [0.1, 0.15) is 11.3 Å². The lowest BCUT2D eigenvalue weighted by molar-refractivity contribution is 0.640. The van der Waals surface area contributed by atoms with Gasteiger partial charge in [-0.2, -0.15) is 0 Å². The molecular weight excluding hydrogens is 213 g/mol. The number of halogens is 2. The van der Waals surface area contributed by atoms with E-state index in [0.717, 1.165) is 23.2 Å². The highest BCUT2D eigenvalue weighted by Gasteiger charge is 2.18. The second kappa shape index (κ2) is 3.11. The summed E-state index contributed by atoms with van der Waals surface area (Å²) in [7, 11) is 0. The number of H-pyrrole nitrogens is 1. The first-order chi connectivity index (χ1) is 7.25. The van der Waals surface area contributed by atoms with Crippen LogP contribution in [-0.2, 0) is 6.42 Å². The molecule has 1 aromatic carbocycles. The maximum Gasteiger partial charge on any atom is 0.133 e. The second-order valence-corrected chi connectivity index (χ2v) is 4.32. The highest BCUT2D eigenvalue weighted by Crippen LogP contribution is 2.30. The molecule has 1 N–H and O–H groups in total. The fourth-order valence-electron chi connectivity index (χ4n) is 2.09. The molecule has 3 heteroatoms. The summed E-state index contributed by atoms with van der Waals surface area (Å²) in [6, 6.07) is 5.08. The molecule has 0 fully saturated rings. The first kappa shape index (κ1) is 8.98. The fraction of sp³-hybridized carbons (Fsp3) is 0.167. The van der Waals surface area contributed by atoms with Crippen molar-refractivity contribution in [3.05, 3.63) is 41.3 Å². The van der Waals surface area contributed by atoms with Crippen molar-refractivity contribution in [1.29, 1.82) is 0 Å². The van der Waals surface area contributed by atoms with E-state index >= 15 is 0 Å². The molecule has 0 bridgehead atoms. The zero-order valence-electron chi connectivity index (χ0n) is 7.93. The molecule has 0 aliphatic heterocycles. The summed E-state index contributed by atoms with van der Waals surface area (Å²) in [5.41, 5.74) is 2.81. The molecule has 1 unspecified atom stereocenters. The van der Waals surface area contributed by atoms with Crippen molar-refractivity contribution in [2.75, 3.05) is 0 Å². The number of hydrogen-bond donors (Lipinski definition) is 1. The number of aromatic amines is 1. The predicted molar refractivity (Wildman–Crippen MR) is 60.6 cm³/mol. The molecule has 0 saturated carbocycles. The zero-order valence-corrected chi connectivity index (χ0v) is 8.68. The van der Waals surface area contributed by atoms with Crippen LogP contribution in [0.3, 0.4) is 0 Å². The van der Waals surface area contributed by atoms with Crippen molar-refractivity contribution in [2.45, 2.75) is 11.8 Å². The molecule has 76 valence electrons. The van der Waals surface area contributed by atoms with Crippen LogP contribution in [-0.4, -0.2) is 10.4 Å². The van der Waals surface area contributed by atoms with Gasteiger partial charge in [-0.25, -0.2) is 4.39 Å². The summed E-state index contributed by atoms with van der Waals surface area (Å²) in [6.07, 6.45) is 4.55. The molecular formula is C12H9ClFN. The third kappa shape index (κ3) is 1.29. The van der Waals surface area contributed by atoms with E-state index in [2.05, 4.69) is 4.98 Å². The topological polar surface area (TPSA) is 15.8 Å². The minimum absolute atomic E-state index is 0.00798. The molecule has 15 heavy (non-hydrogen) atoms. The molecule has 0 spiro atoms. The van der Waals surface area contributed by atoms with Crippen molar-refractivity contribution < 1.29 is 4.39 Å². The highest BCUT2D eigenvalue weighted by molar-refractivity contribution is 6.22. The standard InChI is InChI=1S/C12H9ClFN/c13-7-4-5-8-11(6-7)15-10-3-1-2-9(14)12(8)10/h1-5,7,15H,6H2. The van der Waals surface area contributed by atoms with E-state index in [-0.39, 0.29) is 11.2 Å². The van der Waals surface area contributed by atoms with Gasteiger partial charge in [-0.1, -0.05) is 18.2 Å². The number of rotatable bonds is 0. The lowest BCUT2D eigenvalue weighted by Crippen LogP contribution is -2.04. The van der Waals surface area contributed by atoms with Crippen molar-refractivity contribution in [2.24, 2.45) is 0 Å². The molecule has 0 saturated heterocycles. The predicted octanol–water partition coefficient (Wildman–Crippen LogP) is 3.48. The summed E-state index contributed by atoms with van der Waals surface area (Å²) in [6.45, 7) is 0. The van der Waals surface area contributed by atoms with Gasteiger partial charge in [0.2, 0.25) is 0 Å². The fourth-order valence-corrected chi connectivity index (χ4v) is 2.32. The Morgan fingerprint density at radius 1 is 1.40 bits per heavy atom. The highest BCUT2D eigenvalue weighted by atomic mass is 35.5. The monoisotopic (exact) mass is 221 g/mol. The summed E-state index contributed by atoms with van der Waals surface area (Å²) in [5, 5.41) is 0.681. The van der Waals surface area contributed by atoms with Gasteiger partial charge in [-0.05, 0) is 12.1 Å². The average Bonchev–Trinajstić information content (AvgIpc) is 2.56. The van der Waals surface area contributed by atoms with Gasteiger partial charge in [0.15, 0.2) is 0 Å². The molecule has 3 rings (SSSR count). The van der Waals surface area contributed by atoms with Crippen LogP contribution in [0.25, 0.3) is 17.0 Å². The Balaban J connectivity index is 2.36. The molecule has 0 amide bonds. The Bertz CT molecular complexity index is 556. The largest absolute Gasteiger partial charge is 0.358 e. The van der Waals surface area contributed by atoms with Crippen LogP contribution in [0.5, 0.6) is 0 Å². The van der Waals surface area contributed by atoms with E-state index in [1.165, 1.54) is 6.07 Å². The van der Waals surface area contributed by atoms with Crippen LogP contribution in [0.2, 0.25) is 0 Å². The van der Waals surface area contributed by atoms with Crippen molar-refractivity contribution in [3.8, 4) is 0 Å². The number of hydrogen-bond acceptors (Lipinski definition) is 0. The van der Waals surface area contributed by atoms with Gasteiger partial charge < -0.3 is 4.98 Å². The molecule has 1 aliphatic rings. The van der Waals surface area contributed by atoms with Gasteiger partial charge in [-0.15, -0.1) is 11.6 Å². The first-order valence-corrected chi connectivity index (χ1v) is 5.30. The number of aromatic nitrogens is 1. The number of fused-ring (bicyclic) bond motifs is 3. The SMILES string of the molecule is Fc1cccc2[nH]c3c(c12)C=CC(Cl)C3.